The molecule has 0 saturated carbocycles. The zero-order chi connectivity index (χ0) is 24.4. The summed E-state index contributed by atoms with van der Waals surface area (Å²) < 4.78 is 28.5. The van der Waals surface area contributed by atoms with Crippen LogP contribution < -0.4 is 10.6 Å². The van der Waals surface area contributed by atoms with Crippen molar-refractivity contribution in [2.75, 3.05) is 5.32 Å². The molecule has 1 heterocycles. The van der Waals surface area contributed by atoms with Crippen LogP contribution in [-0.2, 0) is 19.4 Å². The topological polar surface area (TPSA) is 76.0 Å². The van der Waals surface area contributed by atoms with Crippen molar-refractivity contribution in [2.24, 2.45) is 0 Å². The van der Waals surface area contributed by atoms with E-state index in [1.165, 1.54) is 36.4 Å². The largest absolute Gasteiger partial charge is 0.347 e. The third-order valence-corrected chi connectivity index (χ3v) is 5.94. The molecule has 0 unspecified atom stereocenters. The van der Waals surface area contributed by atoms with Gasteiger partial charge in [-0.15, -0.1) is 0 Å². The highest BCUT2D eigenvalue weighted by Crippen LogP contribution is 2.28. The standard InChI is InChI=1S/C27H22F2N4O2/c28-19-10-12-22(13-11-19)33-24-9-3-8-23(24)25(32-33)27(35)30-16-17-4-1-7-21(14-17)31-26(34)18-5-2-6-20(29)15-18/h1-2,4-7,10-15H,3,8-9,16H2,(H,30,35)(H,31,34). The summed E-state index contributed by atoms with van der Waals surface area (Å²) in [7, 11) is 0. The molecular formula is C27H22F2N4O2. The molecule has 1 aliphatic carbocycles. The molecule has 2 N–H and O–H groups in total. The number of nitrogens with one attached hydrogen (secondary N) is 2. The zero-order valence-electron chi connectivity index (χ0n) is 18.7. The maximum Gasteiger partial charge on any atom is 0.272 e. The van der Waals surface area contributed by atoms with Gasteiger partial charge in [0, 0.05) is 29.1 Å². The van der Waals surface area contributed by atoms with Crippen LogP contribution in [0.15, 0.2) is 72.8 Å². The first-order valence-corrected chi connectivity index (χ1v) is 11.3. The fourth-order valence-electron chi connectivity index (χ4n) is 4.27. The molecule has 6 nitrogen and oxygen atoms in total. The molecule has 0 radical (unpaired) electrons. The normalized spacial score (nSPS) is 12.3. The number of fused-ring (bicyclic) bond motifs is 1. The van der Waals surface area contributed by atoms with E-state index in [0.717, 1.165) is 36.1 Å². The molecule has 0 bridgehead atoms. The van der Waals surface area contributed by atoms with Crippen LogP contribution in [0.4, 0.5) is 14.5 Å². The first-order valence-electron chi connectivity index (χ1n) is 11.3. The summed E-state index contributed by atoms with van der Waals surface area (Å²) in [4.78, 5) is 25.4. The van der Waals surface area contributed by atoms with Gasteiger partial charge in [-0.1, -0.05) is 18.2 Å². The van der Waals surface area contributed by atoms with Gasteiger partial charge in [-0.3, -0.25) is 9.59 Å². The number of aromatic nitrogens is 2. The fourth-order valence-corrected chi connectivity index (χ4v) is 4.27. The number of hydrogen-bond acceptors (Lipinski definition) is 3. The average Bonchev–Trinajstić information content (AvgIpc) is 3.47. The average molecular weight is 472 g/mol. The van der Waals surface area contributed by atoms with Crippen LogP contribution in [0.1, 0.15) is 44.1 Å². The van der Waals surface area contributed by atoms with Crippen molar-refractivity contribution < 1.29 is 18.4 Å². The Labute approximate surface area is 200 Å². The van der Waals surface area contributed by atoms with Crippen LogP contribution in [0.5, 0.6) is 0 Å². The predicted molar refractivity (Wildman–Crippen MR) is 128 cm³/mol. The van der Waals surface area contributed by atoms with E-state index in [4.69, 9.17) is 0 Å². The minimum absolute atomic E-state index is 0.217. The molecule has 35 heavy (non-hydrogen) atoms. The molecule has 176 valence electrons. The van der Waals surface area contributed by atoms with Gasteiger partial charge < -0.3 is 10.6 Å². The van der Waals surface area contributed by atoms with E-state index in [1.807, 2.05) is 6.07 Å². The van der Waals surface area contributed by atoms with E-state index in [-0.39, 0.29) is 23.8 Å². The Kier molecular flexibility index (Phi) is 6.10. The molecule has 1 aliphatic rings. The lowest BCUT2D eigenvalue weighted by molar-refractivity contribution is 0.0943. The first-order chi connectivity index (χ1) is 17.0. The van der Waals surface area contributed by atoms with Gasteiger partial charge in [-0.25, -0.2) is 13.5 Å². The third kappa shape index (κ3) is 4.82. The molecule has 0 aliphatic heterocycles. The van der Waals surface area contributed by atoms with Crippen LogP contribution in [-0.4, -0.2) is 21.6 Å². The Balaban J connectivity index is 1.28. The smallest absolute Gasteiger partial charge is 0.272 e. The van der Waals surface area contributed by atoms with E-state index in [2.05, 4.69) is 15.7 Å². The molecule has 2 amide bonds. The highest BCUT2D eigenvalue weighted by Gasteiger charge is 2.26. The van der Waals surface area contributed by atoms with E-state index >= 15 is 0 Å². The number of hydrogen-bond donors (Lipinski definition) is 2. The number of benzene rings is 3. The SMILES string of the molecule is O=C(Nc1cccc(CNC(=O)c2nn(-c3ccc(F)cc3)c3c2CCC3)c1)c1cccc(F)c1. The molecule has 4 aromatic rings. The fraction of sp³-hybridized carbons (Fsp3) is 0.148. The monoisotopic (exact) mass is 472 g/mol. The van der Waals surface area contributed by atoms with Gasteiger partial charge in [-0.2, -0.15) is 5.10 Å². The van der Waals surface area contributed by atoms with Crippen molar-refractivity contribution in [1.82, 2.24) is 15.1 Å². The summed E-state index contributed by atoms with van der Waals surface area (Å²) in [5.41, 5.74) is 4.52. The van der Waals surface area contributed by atoms with Gasteiger partial charge >= 0.3 is 0 Å². The molecular weight excluding hydrogens is 450 g/mol. The van der Waals surface area contributed by atoms with E-state index in [1.54, 1.807) is 35.0 Å². The van der Waals surface area contributed by atoms with Crippen LogP contribution >= 0.6 is 0 Å². The van der Waals surface area contributed by atoms with Crippen molar-refractivity contribution in [1.29, 1.82) is 0 Å². The van der Waals surface area contributed by atoms with Crippen molar-refractivity contribution >= 4 is 17.5 Å². The lowest BCUT2D eigenvalue weighted by Gasteiger charge is -2.09. The minimum Gasteiger partial charge on any atom is -0.347 e. The lowest BCUT2D eigenvalue weighted by Crippen LogP contribution is -2.24. The number of halogens is 2. The highest BCUT2D eigenvalue weighted by molar-refractivity contribution is 6.04. The van der Waals surface area contributed by atoms with Gasteiger partial charge in [0.15, 0.2) is 5.69 Å². The van der Waals surface area contributed by atoms with Crippen molar-refractivity contribution in [2.45, 2.75) is 25.8 Å². The molecule has 8 heteroatoms. The molecule has 0 atom stereocenters. The lowest BCUT2D eigenvalue weighted by atomic mass is 10.1. The van der Waals surface area contributed by atoms with Gasteiger partial charge in [0.25, 0.3) is 11.8 Å². The minimum atomic E-state index is -0.484. The van der Waals surface area contributed by atoms with Crippen LogP contribution in [0.2, 0.25) is 0 Å². The second kappa shape index (κ2) is 9.50. The van der Waals surface area contributed by atoms with Gasteiger partial charge in [0.1, 0.15) is 11.6 Å². The second-order valence-electron chi connectivity index (χ2n) is 8.36. The number of nitrogens with zero attached hydrogens (tertiary/aromatic N) is 2. The molecule has 0 spiro atoms. The second-order valence-corrected chi connectivity index (χ2v) is 8.36. The number of carbonyl (C=O) groups excluding carboxylic acids is 2. The summed E-state index contributed by atoms with van der Waals surface area (Å²) in [6.07, 6.45) is 2.50. The van der Waals surface area contributed by atoms with Crippen molar-refractivity contribution in [3.63, 3.8) is 0 Å². The molecule has 0 saturated heterocycles. The summed E-state index contributed by atoms with van der Waals surface area (Å²) in [6, 6.07) is 18.6. The summed E-state index contributed by atoms with van der Waals surface area (Å²) in [5.74, 6) is -1.53. The van der Waals surface area contributed by atoms with Crippen LogP contribution in [0.25, 0.3) is 5.69 Å². The van der Waals surface area contributed by atoms with Crippen LogP contribution in [0.3, 0.4) is 0 Å². The van der Waals surface area contributed by atoms with Crippen molar-refractivity contribution in [3.05, 3.63) is 113 Å². The van der Waals surface area contributed by atoms with Gasteiger partial charge in [0.2, 0.25) is 0 Å². The Morgan fingerprint density at radius 2 is 1.69 bits per heavy atom. The quantitative estimate of drug-likeness (QED) is 0.422. The summed E-state index contributed by atoms with van der Waals surface area (Å²) in [6.45, 7) is 0.237. The Bertz CT molecular complexity index is 1410. The van der Waals surface area contributed by atoms with Gasteiger partial charge in [-0.05, 0) is 79.4 Å². The zero-order valence-corrected chi connectivity index (χ0v) is 18.7. The maximum atomic E-state index is 13.4. The Morgan fingerprint density at radius 3 is 2.49 bits per heavy atom. The molecule has 3 aromatic carbocycles. The first kappa shape index (κ1) is 22.5. The Hall–Kier alpha value is -4.33. The summed E-state index contributed by atoms with van der Waals surface area (Å²) >= 11 is 0. The van der Waals surface area contributed by atoms with E-state index in [9.17, 15) is 18.4 Å². The van der Waals surface area contributed by atoms with E-state index in [0.29, 0.717) is 17.1 Å². The van der Waals surface area contributed by atoms with E-state index < -0.39 is 11.7 Å². The van der Waals surface area contributed by atoms with Crippen LogP contribution in [0, 0.1) is 11.6 Å². The number of rotatable bonds is 6. The highest BCUT2D eigenvalue weighted by atomic mass is 19.1. The van der Waals surface area contributed by atoms with Gasteiger partial charge in [0.05, 0.1) is 5.69 Å². The predicted octanol–water partition coefficient (Wildman–Crippen LogP) is 4.82. The molecule has 5 rings (SSSR count). The number of anilines is 1. The Morgan fingerprint density at radius 1 is 0.886 bits per heavy atom. The third-order valence-electron chi connectivity index (χ3n) is 5.94. The van der Waals surface area contributed by atoms with Crippen molar-refractivity contribution in [3.8, 4) is 5.69 Å². The molecule has 0 fully saturated rings. The molecule has 1 aromatic heterocycles. The number of carbonyl (C=O) groups is 2. The number of amides is 2. The summed E-state index contributed by atoms with van der Waals surface area (Å²) in [5, 5.41) is 10.2. The maximum absolute atomic E-state index is 13.4.